The van der Waals surface area contributed by atoms with Crippen LogP contribution in [0.2, 0.25) is 0 Å². The number of amides is 2. The first kappa shape index (κ1) is 23.2. The number of carbonyl (C=O) groups is 2. The van der Waals surface area contributed by atoms with E-state index in [1.807, 2.05) is 6.92 Å². The molecule has 2 aromatic rings. The van der Waals surface area contributed by atoms with Gasteiger partial charge in [0.05, 0.1) is 17.5 Å². The smallest absolute Gasteiger partial charge is 0.410 e. The molecule has 0 radical (unpaired) electrons. The monoisotopic (exact) mass is 419 g/mol. The number of nitrogens with zero attached hydrogens (tertiary/aromatic N) is 2. The molecule has 2 rings (SSSR count). The van der Waals surface area contributed by atoms with Crippen molar-refractivity contribution in [2.45, 2.75) is 53.1 Å². The van der Waals surface area contributed by atoms with Gasteiger partial charge in [-0.2, -0.15) is 4.98 Å². The first-order valence-electron chi connectivity index (χ1n) is 9.89. The van der Waals surface area contributed by atoms with E-state index < -0.39 is 17.3 Å². The molecule has 0 atom stereocenters. The highest BCUT2D eigenvalue weighted by molar-refractivity contribution is 5.96. The fraction of sp³-hybridized carbons (Fsp3) is 0.524. The predicted octanol–water partition coefficient (Wildman–Crippen LogP) is 3.34. The molecule has 0 bridgehead atoms. The van der Waals surface area contributed by atoms with Crippen LogP contribution in [0.5, 0.6) is 6.08 Å². The van der Waals surface area contributed by atoms with E-state index in [4.69, 9.17) is 13.9 Å². The van der Waals surface area contributed by atoms with Crippen molar-refractivity contribution in [2.75, 3.05) is 25.5 Å². The van der Waals surface area contributed by atoms with Gasteiger partial charge in [0.15, 0.2) is 0 Å². The molecule has 0 aliphatic heterocycles. The molecule has 164 valence electrons. The van der Waals surface area contributed by atoms with Gasteiger partial charge in [-0.1, -0.05) is 6.92 Å². The minimum atomic E-state index is -0.605. The molecule has 0 saturated carbocycles. The van der Waals surface area contributed by atoms with E-state index in [1.54, 1.807) is 46.9 Å². The molecule has 0 aliphatic rings. The molecule has 9 nitrogen and oxygen atoms in total. The zero-order valence-corrected chi connectivity index (χ0v) is 18.3. The van der Waals surface area contributed by atoms with Crippen LogP contribution in [0.25, 0.3) is 10.9 Å². The van der Waals surface area contributed by atoms with Gasteiger partial charge in [-0.05, 0) is 51.8 Å². The highest BCUT2D eigenvalue weighted by Crippen LogP contribution is 2.25. The summed E-state index contributed by atoms with van der Waals surface area (Å²) in [6.45, 7) is 9.49. The Balaban J connectivity index is 2.14. The van der Waals surface area contributed by atoms with Crippen molar-refractivity contribution >= 4 is 28.6 Å². The number of ether oxygens (including phenoxy) is 2. The lowest BCUT2D eigenvalue weighted by Gasteiger charge is -2.24. The Morgan fingerprint density at radius 3 is 2.53 bits per heavy atom. The van der Waals surface area contributed by atoms with E-state index in [2.05, 4.69) is 10.3 Å². The number of anilines is 1. The van der Waals surface area contributed by atoms with Crippen molar-refractivity contribution in [2.24, 2.45) is 0 Å². The van der Waals surface area contributed by atoms with Gasteiger partial charge in [0.25, 0.3) is 0 Å². The molecule has 1 aromatic heterocycles. The SMILES string of the molecule is CCOc1nc2ccc(NC(=O)CCN(C)C(=O)OC(C)(C)C)c(CC)c2c(=O)o1. The lowest BCUT2D eigenvalue weighted by atomic mass is 10.0. The van der Waals surface area contributed by atoms with Gasteiger partial charge in [0, 0.05) is 25.7 Å². The Labute approximate surface area is 175 Å². The lowest BCUT2D eigenvalue weighted by Crippen LogP contribution is -2.35. The highest BCUT2D eigenvalue weighted by atomic mass is 16.6. The summed E-state index contributed by atoms with van der Waals surface area (Å²) in [7, 11) is 1.57. The first-order valence-corrected chi connectivity index (χ1v) is 9.89. The summed E-state index contributed by atoms with van der Waals surface area (Å²) >= 11 is 0. The molecule has 1 N–H and O–H groups in total. The van der Waals surface area contributed by atoms with E-state index in [9.17, 15) is 14.4 Å². The average Bonchev–Trinajstić information content (AvgIpc) is 2.65. The second-order valence-electron chi connectivity index (χ2n) is 7.74. The minimum Gasteiger partial charge on any atom is -0.450 e. The molecule has 0 saturated heterocycles. The number of carbonyl (C=O) groups excluding carboxylic acids is 2. The van der Waals surface area contributed by atoms with Gasteiger partial charge in [-0.15, -0.1) is 0 Å². The van der Waals surface area contributed by atoms with Crippen LogP contribution in [0.15, 0.2) is 21.3 Å². The fourth-order valence-electron chi connectivity index (χ4n) is 2.79. The zero-order valence-electron chi connectivity index (χ0n) is 18.3. The highest BCUT2D eigenvalue weighted by Gasteiger charge is 2.20. The number of nitrogens with one attached hydrogen (secondary N) is 1. The quantitative estimate of drug-likeness (QED) is 0.732. The van der Waals surface area contributed by atoms with Crippen LogP contribution in [-0.2, 0) is 16.0 Å². The van der Waals surface area contributed by atoms with Crippen molar-refractivity contribution in [3.63, 3.8) is 0 Å². The Hall–Kier alpha value is -3.10. The Kier molecular flexibility index (Phi) is 7.42. The van der Waals surface area contributed by atoms with Gasteiger partial charge in [0.1, 0.15) is 5.60 Å². The van der Waals surface area contributed by atoms with Gasteiger partial charge < -0.3 is 24.1 Å². The molecule has 1 heterocycles. The fourth-order valence-corrected chi connectivity index (χ4v) is 2.79. The lowest BCUT2D eigenvalue weighted by molar-refractivity contribution is -0.116. The molecule has 1 aromatic carbocycles. The Morgan fingerprint density at radius 2 is 1.93 bits per heavy atom. The number of hydrogen-bond acceptors (Lipinski definition) is 7. The molecule has 2 amide bonds. The van der Waals surface area contributed by atoms with E-state index in [0.717, 1.165) is 0 Å². The third-order valence-electron chi connectivity index (χ3n) is 4.16. The number of benzene rings is 1. The second kappa shape index (κ2) is 9.60. The number of rotatable bonds is 7. The molecule has 9 heteroatoms. The summed E-state index contributed by atoms with van der Waals surface area (Å²) in [5.74, 6) is -0.289. The summed E-state index contributed by atoms with van der Waals surface area (Å²) in [6, 6.07) is 3.33. The van der Waals surface area contributed by atoms with Gasteiger partial charge in [0.2, 0.25) is 5.91 Å². The van der Waals surface area contributed by atoms with Gasteiger partial charge in [-0.25, -0.2) is 9.59 Å². The number of aryl methyl sites for hydroxylation is 1. The van der Waals surface area contributed by atoms with E-state index in [0.29, 0.717) is 35.2 Å². The predicted molar refractivity (Wildman–Crippen MR) is 113 cm³/mol. The summed E-state index contributed by atoms with van der Waals surface area (Å²) in [4.78, 5) is 42.4. The third kappa shape index (κ3) is 5.95. The van der Waals surface area contributed by atoms with Gasteiger partial charge in [-0.3, -0.25) is 4.79 Å². The van der Waals surface area contributed by atoms with Crippen LogP contribution in [0.3, 0.4) is 0 Å². The Bertz CT molecular complexity index is 977. The molecule has 0 aliphatic carbocycles. The van der Waals surface area contributed by atoms with Crippen LogP contribution in [0.1, 0.15) is 46.6 Å². The van der Waals surface area contributed by atoms with Crippen LogP contribution in [-0.4, -0.2) is 47.7 Å². The van der Waals surface area contributed by atoms with Crippen molar-refractivity contribution in [1.82, 2.24) is 9.88 Å². The standard InChI is InChI=1S/C21H29N3O6/c1-7-13-14(9-10-15-17(13)18(26)29-19(23-15)28-8-2)22-16(25)11-12-24(6)20(27)30-21(3,4)5/h9-10H,7-8,11-12H2,1-6H3,(H,22,25). The summed E-state index contributed by atoms with van der Waals surface area (Å²) in [5.41, 5.74) is 0.403. The van der Waals surface area contributed by atoms with Crippen LogP contribution in [0.4, 0.5) is 10.5 Å². The molecular formula is C21H29N3O6. The normalized spacial score (nSPS) is 11.3. The van der Waals surface area contributed by atoms with Crippen molar-refractivity contribution in [3.8, 4) is 6.08 Å². The third-order valence-corrected chi connectivity index (χ3v) is 4.16. The molecular weight excluding hydrogens is 390 g/mol. The topological polar surface area (TPSA) is 111 Å². The maximum Gasteiger partial charge on any atom is 0.410 e. The zero-order chi connectivity index (χ0) is 22.5. The van der Waals surface area contributed by atoms with Crippen molar-refractivity contribution < 1.29 is 23.5 Å². The number of fused-ring (bicyclic) bond motifs is 1. The molecule has 0 fully saturated rings. The van der Waals surface area contributed by atoms with E-state index in [-0.39, 0.29) is 24.9 Å². The Morgan fingerprint density at radius 1 is 1.23 bits per heavy atom. The number of aromatic nitrogens is 1. The maximum absolute atomic E-state index is 12.4. The van der Waals surface area contributed by atoms with E-state index >= 15 is 0 Å². The first-order chi connectivity index (χ1) is 14.1. The second-order valence-corrected chi connectivity index (χ2v) is 7.74. The van der Waals surface area contributed by atoms with Crippen molar-refractivity contribution in [1.29, 1.82) is 0 Å². The van der Waals surface area contributed by atoms with Crippen LogP contribution in [0, 0.1) is 0 Å². The largest absolute Gasteiger partial charge is 0.450 e. The van der Waals surface area contributed by atoms with E-state index in [1.165, 1.54) is 4.90 Å². The summed E-state index contributed by atoms with van der Waals surface area (Å²) in [6.07, 6.45) is -0.0128. The summed E-state index contributed by atoms with van der Waals surface area (Å²) < 4.78 is 15.6. The average molecular weight is 419 g/mol. The van der Waals surface area contributed by atoms with Crippen LogP contribution >= 0.6 is 0 Å². The van der Waals surface area contributed by atoms with Crippen LogP contribution < -0.4 is 15.7 Å². The molecule has 30 heavy (non-hydrogen) atoms. The minimum absolute atomic E-state index is 0.0765. The van der Waals surface area contributed by atoms with Crippen molar-refractivity contribution in [3.05, 3.63) is 28.1 Å². The molecule has 0 unspecified atom stereocenters. The maximum atomic E-state index is 12.4. The molecule has 0 spiro atoms. The number of hydrogen-bond donors (Lipinski definition) is 1. The summed E-state index contributed by atoms with van der Waals surface area (Å²) in [5, 5.41) is 3.12. The van der Waals surface area contributed by atoms with Gasteiger partial charge >= 0.3 is 17.8 Å².